The molecule has 18 heteroatoms. The summed E-state index contributed by atoms with van der Waals surface area (Å²) >= 11 is 5.28. The van der Waals surface area contributed by atoms with Crippen LogP contribution in [0.25, 0.3) is 0 Å². The SMILES string of the molecule is CC[C@H](C)CC(=O)N(C)C(C[C@@H](OC(C)=O)c1nc(C(=O)N[C@@H](Cc2ccc(O)c(NC(=O)CCCN3C(=O)CC(S)C3=O)c2)CC(C)C(=O)NCCN)cs1)C(C)C. The van der Waals surface area contributed by atoms with E-state index in [1.54, 1.807) is 36.4 Å². The largest absolute Gasteiger partial charge is 0.506 e. The lowest BCUT2D eigenvalue weighted by molar-refractivity contribution is -0.148. The number of likely N-dealkylation sites (tertiary alicyclic amines) is 1. The van der Waals surface area contributed by atoms with Crippen LogP contribution < -0.4 is 21.7 Å². The van der Waals surface area contributed by atoms with Gasteiger partial charge in [-0.2, -0.15) is 12.6 Å². The van der Waals surface area contributed by atoms with E-state index in [4.69, 9.17) is 10.5 Å². The molecule has 2 aromatic rings. The van der Waals surface area contributed by atoms with E-state index in [-0.39, 0.29) is 117 Å². The van der Waals surface area contributed by atoms with Gasteiger partial charge in [-0.3, -0.25) is 38.5 Å². The fourth-order valence-corrected chi connectivity index (χ4v) is 7.90. The Morgan fingerprint density at radius 3 is 2.46 bits per heavy atom. The van der Waals surface area contributed by atoms with E-state index in [0.29, 0.717) is 17.0 Å². The lowest BCUT2D eigenvalue weighted by atomic mass is 9.95. The maximum Gasteiger partial charge on any atom is 0.303 e. The number of esters is 1. The van der Waals surface area contributed by atoms with Crippen molar-refractivity contribution in [3.05, 3.63) is 39.8 Å². The van der Waals surface area contributed by atoms with Crippen LogP contribution in [0.2, 0.25) is 0 Å². The standard InChI is InChI=1S/C41H61N7O9S2/c1-8-24(4)16-36(52)47(7)31(23(2)3)20-33(57-26(6)49)40-46-30(22-59-40)39(55)44-28(17-25(5)38(54)43-14-13-42)18-27-11-12-32(50)29(19-27)45-35(51)10-9-15-48-37(53)21-34(58)41(48)56/h11-12,19,22-25,28,31,33-34,50,58H,8-10,13-18,20-21,42H2,1-7H3,(H,43,54)(H,44,55)(H,45,51)/t24-,25?,28+,31?,33+,34?/m0/s1. The number of phenols is 1. The van der Waals surface area contributed by atoms with E-state index in [2.05, 4.69) is 33.6 Å². The molecule has 0 saturated carbocycles. The van der Waals surface area contributed by atoms with Crippen molar-refractivity contribution >= 4 is 71.1 Å². The summed E-state index contributed by atoms with van der Waals surface area (Å²) in [4.78, 5) is 96.5. The molecule has 6 N–H and O–H groups in total. The second-order valence-corrected chi connectivity index (χ2v) is 17.1. The monoisotopic (exact) mass is 859 g/mol. The van der Waals surface area contributed by atoms with Crippen LogP contribution in [0.1, 0.15) is 114 Å². The van der Waals surface area contributed by atoms with Gasteiger partial charge in [0.15, 0.2) is 6.10 Å². The quantitative estimate of drug-likeness (QED) is 0.0405. The molecular weight excluding hydrogens is 799 g/mol. The number of amides is 6. The van der Waals surface area contributed by atoms with Gasteiger partial charge in [0.05, 0.1) is 10.9 Å². The van der Waals surface area contributed by atoms with E-state index in [0.717, 1.165) is 22.7 Å². The molecule has 1 fully saturated rings. The minimum Gasteiger partial charge on any atom is -0.506 e. The molecule has 0 spiro atoms. The van der Waals surface area contributed by atoms with Crippen LogP contribution >= 0.6 is 24.0 Å². The van der Waals surface area contributed by atoms with Gasteiger partial charge < -0.3 is 36.4 Å². The number of imide groups is 1. The molecule has 1 saturated heterocycles. The number of hydrogen-bond acceptors (Lipinski definition) is 13. The molecule has 326 valence electrons. The number of nitrogens with zero attached hydrogens (tertiary/aromatic N) is 3. The maximum absolute atomic E-state index is 13.8. The van der Waals surface area contributed by atoms with Gasteiger partial charge in [-0.05, 0) is 48.8 Å². The molecule has 3 unspecified atom stereocenters. The van der Waals surface area contributed by atoms with Crippen molar-refractivity contribution in [2.45, 2.75) is 116 Å². The van der Waals surface area contributed by atoms with Crippen LogP contribution in [0.5, 0.6) is 5.75 Å². The average molecular weight is 860 g/mol. The molecule has 59 heavy (non-hydrogen) atoms. The summed E-state index contributed by atoms with van der Waals surface area (Å²) in [5.41, 5.74) is 6.42. The predicted octanol–water partition coefficient (Wildman–Crippen LogP) is 3.98. The zero-order valence-electron chi connectivity index (χ0n) is 35.1. The fourth-order valence-electron chi connectivity index (χ4n) is 6.77. The molecule has 6 amide bonds. The predicted molar refractivity (Wildman–Crippen MR) is 228 cm³/mol. The lowest BCUT2D eigenvalue weighted by Gasteiger charge is -2.34. The number of aromatic hydroxyl groups is 1. The van der Waals surface area contributed by atoms with Gasteiger partial charge in [0.25, 0.3) is 5.91 Å². The van der Waals surface area contributed by atoms with Gasteiger partial charge in [-0.1, -0.05) is 47.1 Å². The van der Waals surface area contributed by atoms with Crippen LogP contribution in [-0.2, 0) is 39.9 Å². The molecule has 1 aromatic heterocycles. The number of thiazole rings is 1. The number of hydrogen-bond donors (Lipinski definition) is 6. The minimum absolute atomic E-state index is 0.00300. The fraction of sp³-hybridized carbons (Fsp3) is 0.610. The summed E-state index contributed by atoms with van der Waals surface area (Å²) in [7, 11) is 1.76. The Hall–Kier alpha value is -4.55. The highest BCUT2D eigenvalue weighted by Crippen LogP contribution is 2.31. The Labute approximate surface area is 356 Å². The minimum atomic E-state index is -0.816. The molecule has 2 heterocycles. The zero-order chi connectivity index (χ0) is 44.0. The Bertz CT molecular complexity index is 1810. The first kappa shape index (κ1) is 48.8. The maximum atomic E-state index is 13.8. The Morgan fingerprint density at radius 1 is 1.14 bits per heavy atom. The van der Waals surface area contributed by atoms with Crippen molar-refractivity contribution in [3.63, 3.8) is 0 Å². The second kappa shape index (κ2) is 23.3. The summed E-state index contributed by atoms with van der Waals surface area (Å²) < 4.78 is 5.72. The number of benzene rings is 1. The first-order valence-corrected chi connectivity index (χ1v) is 21.5. The topological polar surface area (TPSA) is 230 Å². The van der Waals surface area contributed by atoms with Crippen LogP contribution in [0.15, 0.2) is 23.6 Å². The normalized spacial score (nSPS) is 16.6. The summed E-state index contributed by atoms with van der Waals surface area (Å²) in [6.45, 7) is 11.7. The number of nitrogens with two attached hydrogens (primary N) is 1. The molecule has 0 radical (unpaired) electrons. The van der Waals surface area contributed by atoms with Crippen LogP contribution in [-0.4, -0.2) is 105 Å². The molecule has 0 bridgehead atoms. The first-order chi connectivity index (χ1) is 27.8. The summed E-state index contributed by atoms with van der Waals surface area (Å²) in [5, 5.41) is 20.3. The van der Waals surface area contributed by atoms with Crippen LogP contribution in [0.4, 0.5) is 5.69 Å². The number of carbonyl (C=O) groups is 7. The number of aromatic nitrogens is 1. The van der Waals surface area contributed by atoms with Crippen molar-refractivity contribution < 1.29 is 43.4 Å². The molecule has 6 atom stereocenters. The molecule has 1 aliphatic rings. The highest BCUT2D eigenvalue weighted by atomic mass is 32.1. The summed E-state index contributed by atoms with van der Waals surface area (Å²) in [5.74, 6) is -2.95. The van der Waals surface area contributed by atoms with Gasteiger partial charge in [0.1, 0.15) is 16.5 Å². The van der Waals surface area contributed by atoms with E-state index < -0.39 is 41.1 Å². The smallest absolute Gasteiger partial charge is 0.303 e. The second-order valence-electron chi connectivity index (χ2n) is 15.6. The summed E-state index contributed by atoms with van der Waals surface area (Å²) in [6, 6.07) is 3.73. The zero-order valence-corrected chi connectivity index (χ0v) is 36.8. The van der Waals surface area contributed by atoms with Gasteiger partial charge in [0, 0.05) is 82.7 Å². The van der Waals surface area contributed by atoms with Crippen molar-refractivity contribution in [1.82, 2.24) is 25.4 Å². The van der Waals surface area contributed by atoms with Crippen molar-refractivity contribution in [1.29, 1.82) is 0 Å². The number of rotatable bonds is 23. The van der Waals surface area contributed by atoms with Gasteiger partial charge in [-0.25, -0.2) is 4.98 Å². The summed E-state index contributed by atoms with van der Waals surface area (Å²) in [6.07, 6.45) is 1.36. The van der Waals surface area contributed by atoms with E-state index in [1.807, 2.05) is 27.7 Å². The Morgan fingerprint density at radius 2 is 1.85 bits per heavy atom. The highest BCUT2D eigenvalue weighted by Gasteiger charge is 2.36. The first-order valence-electron chi connectivity index (χ1n) is 20.2. The molecule has 3 rings (SSSR count). The van der Waals surface area contributed by atoms with Gasteiger partial charge >= 0.3 is 5.97 Å². The molecular formula is C41H61N7O9S2. The van der Waals surface area contributed by atoms with Gasteiger partial charge in [-0.15, -0.1) is 11.3 Å². The molecule has 1 aliphatic heterocycles. The Kier molecular flexibility index (Phi) is 19.3. The van der Waals surface area contributed by atoms with E-state index >= 15 is 0 Å². The molecule has 16 nitrogen and oxygen atoms in total. The molecule has 0 aliphatic carbocycles. The van der Waals surface area contributed by atoms with Crippen LogP contribution in [0.3, 0.4) is 0 Å². The third-order valence-corrected chi connectivity index (χ3v) is 11.7. The molecule has 1 aromatic carbocycles. The van der Waals surface area contributed by atoms with E-state index in [1.165, 1.54) is 13.0 Å². The number of nitrogens with one attached hydrogen (secondary N) is 3. The van der Waals surface area contributed by atoms with Crippen molar-refractivity contribution in [2.75, 3.05) is 32.0 Å². The number of thiol groups is 1. The third-order valence-electron chi connectivity index (χ3n) is 10.4. The van der Waals surface area contributed by atoms with Crippen molar-refractivity contribution in [2.24, 2.45) is 23.5 Å². The van der Waals surface area contributed by atoms with Crippen molar-refractivity contribution in [3.8, 4) is 5.75 Å². The van der Waals surface area contributed by atoms with Gasteiger partial charge in [0.2, 0.25) is 29.5 Å². The number of carbonyl (C=O) groups excluding carboxylic acids is 7. The number of phenolic OH excluding ortho intramolecular Hbond substituents is 1. The average Bonchev–Trinajstić information content (AvgIpc) is 3.76. The number of anilines is 1. The van der Waals surface area contributed by atoms with E-state index in [9.17, 15) is 38.7 Å². The Balaban J connectivity index is 1.79. The highest BCUT2D eigenvalue weighted by molar-refractivity contribution is 7.81. The van der Waals surface area contributed by atoms with Crippen LogP contribution in [0, 0.1) is 17.8 Å². The third kappa shape index (κ3) is 14.9. The lowest BCUT2D eigenvalue weighted by Crippen LogP contribution is -2.42. The number of ether oxygens (including phenoxy) is 1.